The molecule has 0 aromatic carbocycles. The zero-order chi connectivity index (χ0) is 17.1. The molecular formula is C17H21N3O4. The molecule has 0 aliphatic carbocycles. The van der Waals surface area contributed by atoms with Crippen LogP contribution in [0.3, 0.4) is 0 Å². The summed E-state index contributed by atoms with van der Waals surface area (Å²) >= 11 is 0. The summed E-state index contributed by atoms with van der Waals surface area (Å²) in [6.45, 7) is 2.78. The molecule has 2 aromatic heterocycles. The molecule has 0 spiro atoms. The molecular weight excluding hydrogens is 310 g/mol. The third kappa shape index (κ3) is 3.35. The average Bonchev–Trinajstić information content (AvgIpc) is 3.20. The summed E-state index contributed by atoms with van der Waals surface area (Å²) in [4.78, 5) is 28.4. The number of carbonyl (C=O) groups excluding carboxylic acids is 1. The van der Waals surface area contributed by atoms with Crippen LogP contribution in [0.25, 0.3) is 0 Å². The van der Waals surface area contributed by atoms with Gasteiger partial charge < -0.3 is 24.4 Å². The topological polar surface area (TPSA) is 87.6 Å². The minimum absolute atomic E-state index is 0.0838. The number of aromatic nitrogens is 1. The van der Waals surface area contributed by atoms with Crippen LogP contribution in [0.4, 0.5) is 10.5 Å². The number of methoxy groups -OCH3 is 1. The van der Waals surface area contributed by atoms with E-state index in [0.717, 1.165) is 24.4 Å². The smallest absolute Gasteiger partial charge is 0.322 e. The highest BCUT2D eigenvalue weighted by Gasteiger charge is 2.32. The van der Waals surface area contributed by atoms with E-state index < -0.39 is 0 Å². The number of urea groups is 1. The number of amides is 2. The number of furan rings is 1. The molecule has 0 radical (unpaired) electrons. The molecule has 1 atom stereocenters. The SMILES string of the molecule is COCc1ccc([C@@H]2CCCN2C(=O)Nc2c[nH]c(=O)c(C)c2)o1. The van der Waals surface area contributed by atoms with Gasteiger partial charge in [0.1, 0.15) is 18.1 Å². The van der Waals surface area contributed by atoms with E-state index in [1.165, 1.54) is 6.20 Å². The van der Waals surface area contributed by atoms with Gasteiger partial charge in [-0.3, -0.25) is 4.79 Å². The van der Waals surface area contributed by atoms with Gasteiger partial charge in [0, 0.05) is 25.4 Å². The highest BCUT2D eigenvalue weighted by molar-refractivity contribution is 5.89. The van der Waals surface area contributed by atoms with E-state index in [2.05, 4.69) is 10.3 Å². The Balaban J connectivity index is 1.72. The summed E-state index contributed by atoms with van der Waals surface area (Å²) in [6, 6.07) is 5.15. The summed E-state index contributed by atoms with van der Waals surface area (Å²) in [7, 11) is 1.61. The summed E-state index contributed by atoms with van der Waals surface area (Å²) in [5.74, 6) is 1.52. The predicted molar refractivity (Wildman–Crippen MR) is 88.9 cm³/mol. The maximum absolute atomic E-state index is 12.6. The summed E-state index contributed by atoms with van der Waals surface area (Å²) < 4.78 is 10.8. The molecule has 3 heterocycles. The molecule has 24 heavy (non-hydrogen) atoms. The van der Waals surface area contributed by atoms with Gasteiger partial charge in [-0.05, 0) is 38.0 Å². The minimum atomic E-state index is -0.200. The molecule has 0 unspecified atom stereocenters. The van der Waals surface area contributed by atoms with Crippen LogP contribution < -0.4 is 10.9 Å². The largest absolute Gasteiger partial charge is 0.461 e. The van der Waals surface area contributed by atoms with Crippen molar-refractivity contribution in [2.75, 3.05) is 19.0 Å². The Kier molecular flexibility index (Phi) is 4.71. The zero-order valence-electron chi connectivity index (χ0n) is 13.8. The second-order valence-corrected chi connectivity index (χ2v) is 5.92. The number of pyridine rings is 1. The van der Waals surface area contributed by atoms with Crippen molar-refractivity contribution in [2.45, 2.75) is 32.4 Å². The first-order valence-electron chi connectivity index (χ1n) is 7.93. The number of rotatable bonds is 4. The molecule has 1 fully saturated rings. The van der Waals surface area contributed by atoms with Crippen molar-refractivity contribution in [1.82, 2.24) is 9.88 Å². The molecule has 2 aromatic rings. The first-order valence-corrected chi connectivity index (χ1v) is 7.93. The van der Waals surface area contributed by atoms with Crippen molar-refractivity contribution < 1.29 is 13.9 Å². The standard InChI is InChI=1S/C17H21N3O4/c1-11-8-12(9-18-16(11)21)19-17(22)20-7-3-4-14(20)15-6-5-13(24-15)10-23-2/h5-6,8-9,14H,3-4,7,10H2,1-2H3,(H,18,21)(H,19,22)/t14-/m0/s1. The molecule has 1 saturated heterocycles. The van der Waals surface area contributed by atoms with Crippen LogP contribution in [0.5, 0.6) is 0 Å². The van der Waals surface area contributed by atoms with E-state index >= 15 is 0 Å². The van der Waals surface area contributed by atoms with Gasteiger partial charge in [-0.15, -0.1) is 0 Å². The Labute approximate surface area is 139 Å². The second-order valence-electron chi connectivity index (χ2n) is 5.92. The van der Waals surface area contributed by atoms with Gasteiger partial charge in [0.25, 0.3) is 5.56 Å². The number of aryl methyl sites for hydroxylation is 1. The van der Waals surface area contributed by atoms with Gasteiger partial charge >= 0.3 is 6.03 Å². The van der Waals surface area contributed by atoms with Crippen molar-refractivity contribution in [2.24, 2.45) is 0 Å². The lowest BCUT2D eigenvalue weighted by molar-refractivity contribution is 0.157. The van der Waals surface area contributed by atoms with Crippen LogP contribution in [0.2, 0.25) is 0 Å². The van der Waals surface area contributed by atoms with E-state index in [1.54, 1.807) is 25.0 Å². The summed E-state index contributed by atoms with van der Waals surface area (Å²) in [5, 5.41) is 2.83. The molecule has 1 aliphatic heterocycles. The fourth-order valence-corrected chi connectivity index (χ4v) is 2.96. The van der Waals surface area contributed by atoms with Crippen LogP contribution in [0.15, 0.2) is 33.6 Å². The van der Waals surface area contributed by atoms with E-state index in [0.29, 0.717) is 24.4 Å². The number of nitrogens with one attached hydrogen (secondary N) is 2. The fourth-order valence-electron chi connectivity index (χ4n) is 2.96. The molecule has 7 heteroatoms. The van der Waals surface area contributed by atoms with Crippen LogP contribution in [0, 0.1) is 6.92 Å². The average molecular weight is 331 g/mol. The predicted octanol–water partition coefficient (Wildman–Crippen LogP) is 2.79. The van der Waals surface area contributed by atoms with Crippen LogP contribution in [-0.4, -0.2) is 29.6 Å². The van der Waals surface area contributed by atoms with Gasteiger partial charge in [0.05, 0.1) is 11.7 Å². The number of hydrogen-bond donors (Lipinski definition) is 2. The highest BCUT2D eigenvalue weighted by Crippen LogP contribution is 2.33. The monoisotopic (exact) mass is 331 g/mol. The van der Waals surface area contributed by atoms with Crippen molar-refractivity contribution in [3.05, 3.63) is 51.8 Å². The Hall–Kier alpha value is -2.54. The Morgan fingerprint density at radius 2 is 2.33 bits per heavy atom. The molecule has 128 valence electrons. The number of likely N-dealkylation sites (tertiary alicyclic amines) is 1. The quantitative estimate of drug-likeness (QED) is 0.902. The van der Waals surface area contributed by atoms with Crippen molar-refractivity contribution in [3.8, 4) is 0 Å². The minimum Gasteiger partial charge on any atom is -0.461 e. The molecule has 1 aliphatic rings. The normalized spacial score (nSPS) is 17.2. The third-order valence-electron chi connectivity index (χ3n) is 4.15. The van der Waals surface area contributed by atoms with Crippen molar-refractivity contribution >= 4 is 11.7 Å². The molecule has 7 nitrogen and oxygen atoms in total. The number of hydrogen-bond acceptors (Lipinski definition) is 4. The lowest BCUT2D eigenvalue weighted by atomic mass is 10.2. The maximum atomic E-state index is 12.6. The van der Waals surface area contributed by atoms with Crippen molar-refractivity contribution in [1.29, 1.82) is 0 Å². The first kappa shape index (κ1) is 16.3. The van der Waals surface area contributed by atoms with E-state index in [4.69, 9.17) is 9.15 Å². The zero-order valence-corrected chi connectivity index (χ0v) is 13.8. The van der Waals surface area contributed by atoms with E-state index in [-0.39, 0.29) is 17.6 Å². The Morgan fingerprint density at radius 1 is 1.50 bits per heavy atom. The van der Waals surface area contributed by atoms with Gasteiger partial charge in [-0.25, -0.2) is 4.79 Å². The Morgan fingerprint density at radius 3 is 3.08 bits per heavy atom. The number of aromatic amines is 1. The lowest BCUT2D eigenvalue weighted by Gasteiger charge is -2.23. The van der Waals surface area contributed by atoms with E-state index in [9.17, 15) is 9.59 Å². The number of carbonyl (C=O) groups is 1. The maximum Gasteiger partial charge on any atom is 0.322 e. The van der Waals surface area contributed by atoms with Crippen LogP contribution in [0.1, 0.15) is 36.0 Å². The molecule has 0 bridgehead atoms. The molecule has 3 rings (SSSR count). The van der Waals surface area contributed by atoms with Crippen molar-refractivity contribution in [3.63, 3.8) is 0 Å². The van der Waals surface area contributed by atoms with Gasteiger partial charge in [-0.2, -0.15) is 0 Å². The summed E-state index contributed by atoms with van der Waals surface area (Å²) in [6.07, 6.45) is 3.28. The number of H-pyrrole nitrogens is 1. The molecule has 2 amide bonds. The van der Waals surface area contributed by atoms with Gasteiger partial charge in [0.2, 0.25) is 0 Å². The fraction of sp³-hybridized carbons (Fsp3) is 0.412. The van der Waals surface area contributed by atoms with Gasteiger partial charge in [0.15, 0.2) is 0 Å². The molecule has 0 saturated carbocycles. The Bertz CT molecular complexity index is 780. The second kappa shape index (κ2) is 6.92. The third-order valence-corrected chi connectivity index (χ3v) is 4.15. The highest BCUT2D eigenvalue weighted by atomic mass is 16.5. The van der Waals surface area contributed by atoms with E-state index in [1.807, 2.05) is 12.1 Å². The van der Waals surface area contributed by atoms with Gasteiger partial charge in [-0.1, -0.05) is 0 Å². The number of anilines is 1. The summed E-state index contributed by atoms with van der Waals surface area (Å²) in [5.41, 5.74) is 0.969. The number of nitrogens with zero attached hydrogens (tertiary/aromatic N) is 1. The van der Waals surface area contributed by atoms with Crippen LogP contribution in [-0.2, 0) is 11.3 Å². The number of ether oxygens (including phenoxy) is 1. The van der Waals surface area contributed by atoms with Crippen LogP contribution >= 0.6 is 0 Å². The first-order chi connectivity index (χ1) is 11.6. The molecule has 2 N–H and O–H groups in total. The lowest BCUT2D eigenvalue weighted by Crippen LogP contribution is -2.34.